The average Bonchev–Trinajstić information content (AvgIpc) is 2.66. The molecule has 2 rings (SSSR count). The molecule has 3 amide bonds. The summed E-state index contributed by atoms with van der Waals surface area (Å²) in [6.45, 7) is 4.10. The van der Waals surface area contributed by atoms with E-state index in [0.717, 1.165) is 17.4 Å². The minimum Gasteiger partial charge on any atom is -0.366 e. The zero-order valence-electron chi connectivity index (χ0n) is 15.8. The van der Waals surface area contributed by atoms with Crippen LogP contribution in [0.1, 0.15) is 38.2 Å². The van der Waals surface area contributed by atoms with E-state index in [9.17, 15) is 19.7 Å². The highest BCUT2D eigenvalue weighted by Crippen LogP contribution is 2.37. The van der Waals surface area contributed by atoms with Gasteiger partial charge < -0.3 is 11.1 Å². The highest BCUT2D eigenvalue weighted by Gasteiger charge is 2.33. The van der Waals surface area contributed by atoms with Gasteiger partial charge in [0.1, 0.15) is 0 Å². The number of non-ortho nitro benzene ring substituents is 1. The van der Waals surface area contributed by atoms with Crippen molar-refractivity contribution in [2.75, 3.05) is 11.9 Å². The summed E-state index contributed by atoms with van der Waals surface area (Å²) in [4.78, 5) is 36.8. The smallest absolute Gasteiger partial charge is 0.325 e. The number of hydrogen-bond donors (Lipinski definition) is 2. The van der Waals surface area contributed by atoms with Crippen LogP contribution in [0.25, 0.3) is 0 Å². The molecule has 8 nitrogen and oxygen atoms in total. The number of halogens is 1. The van der Waals surface area contributed by atoms with Crippen molar-refractivity contribution in [3.05, 3.63) is 63.0 Å². The fourth-order valence-electron chi connectivity index (χ4n) is 3.21. The molecule has 0 saturated carbocycles. The number of nitro groups is 1. The van der Waals surface area contributed by atoms with Crippen LogP contribution in [0.4, 0.5) is 10.5 Å². The molecule has 1 aromatic rings. The Morgan fingerprint density at radius 1 is 1.32 bits per heavy atom. The van der Waals surface area contributed by atoms with Crippen LogP contribution in [-0.4, -0.2) is 33.6 Å². The fourth-order valence-corrected chi connectivity index (χ4v) is 3.49. The predicted octanol–water partition coefficient (Wildman–Crippen LogP) is 3.54. The van der Waals surface area contributed by atoms with Crippen LogP contribution in [0.3, 0.4) is 0 Å². The number of nitro benzene ring substituents is 1. The standard InChI is InChI=1S/C19H23BrN4O4/c1-3-14-11-16(13-5-7-15(8-6-13)24(27)28)17(18(21)25)12(2)23(14)19(26)22-10-4-9-20/h5-8,11,16H,3-4,9-10H2,1-2H3,(H2,21,25)(H,22,26). The summed E-state index contributed by atoms with van der Waals surface area (Å²) < 4.78 is 0. The number of hydrogen-bond acceptors (Lipinski definition) is 4. The molecule has 0 fully saturated rings. The molecule has 0 aliphatic carbocycles. The normalized spacial score (nSPS) is 16.6. The van der Waals surface area contributed by atoms with Crippen LogP contribution in [0.15, 0.2) is 47.3 Å². The van der Waals surface area contributed by atoms with E-state index in [1.165, 1.54) is 17.0 Å². The number of benzene rings is 1. The van der Waals surface area contributed by atoms with E-state index in [2.05, 4.69) is 21.2 Å². The van der Waals surface area contributed by atoms with Gasteiger partial charge in [-0.1, -0.05) is 41.1 Å². The van der Waals surface area contributed by atoms with Crippen molar-refractivity contribution in [1.29, 1.82) is 0 Å². The first-order chi connectivity index (χ1) is 13.3. The summed E-state index contributed by atoms with van der Waals surface area (Å²) in [6, 6.07) is 5.68. The summed E-state index contributed by atoms with van der Waals surface area (Å²) in [5.41, 5.74) is 7.80. The van der Waals surface area contributed by atoms with Crippen molar-refractivity contribution in [3.8, 4) is 0 Å². The van der Waals surface area contributed by atoms with Gasteiger partial charge in [0, 0.05) is 46.9 Å². The molecule has 0 spiro atoms. The van der Waals surface area contributed by atoms with Crippen molar-refractivity contribution in [1.82, 2.24) is 10.2 Å². The van der Waals surface area contributed by atoms with Gasteiger partial charge in [0.2, 0.25) is 5.91 Å². The molecule has 0 bridgehead atoms. The predicted molar refractivity (Wildman–Crippen MR) is 110 cm³/mol. The molecular weight excluding hydrogens is 428 g/mol. The Bertz CT molecular complexity index is 833. The van der Waals surface area contributed by atoms with Crippen LogP contribution >= 0.6 is 15.9 Å². The molecule has 0 radical (unpaired) electrons. The molecule has 3 N–H and O–H groups in total. The molecule has 1 unspecified atom stereocenters. The third-order valence-corrected chi connectivity index (χ3v) is 5.12. The van der Waals surface area contributed by atoms with Gasteiger partial charge in [-0.25, -0.2) is 4.79 Å². The first-order valence-electron chi connectivity index (χ1n) is 8.91. The monoisotopic (exact) mass is 450 g/mol. The third kappa shape index (κ3) is 4.59. The van der Waals surface area contributed by atoms with Crippen molar-refractivity contribution in [2.45, 2.75) is 32.6 Å². The Kier molecular flexibility index (Phi) is 7.33. The lowest BCUT2D eigenvalue weighted by Crippen LogP contribution is -2.42. The van der Waals surface area contributed by atoms with Crippen LogP contribution in [0, 0.1) is 10.1 Å². The summed E-state index contributed by atoms with van der Waals surface area (Å²) in [5, 5.41) is 14.5. The maximum Gasteiger partial charge on any atom is 0.325 e. The van der Waals surface area contributed by atoms with Gasteiger partial charge in [-0.3, -0.25) is 19.8 Å². The number of nitrogens with zero attached hydrogens (tertiary/aromatic N) is 2. The Hall–Kier alpha value is -2.68. The Morgan fingerprint density at radius 3 is 2.46 bits per heavy atom. The number of carbonyl (C=O) groups excluding carboxylic acids is 2. The van der Waals surface area contributed by atoms with Crippen LogP contribution < -0.4 is 11.1 Å². The molecule has 0 saturated heterocycles. The number of urea groups is 1. The van der Waals surface area contributed by atoms with E-state index < -0.39 is 16.7 Å². The van der Waals surface area contributed by atoms with Gasteiger partial charge in [0.25, 0.3) is 5.69 Å². The molecule has 1 aliphatic heterocycles. The Labute approximate surface area is 171 Å². The molecule has 0 aromatic heterocycles. The highest BCUT2D eigenvalue weighted by atomic mass is 79.9. The van der Waals surface area contributed by atoms with Crippen LogP contribution in [-0.2, 0) is 4.79 Å². The van der Waals surface area contributed by atoms with E-state index >= 15 is 0 Å². The largest absolute Gasteiger partial charge is 0.366 e. The van der Waals surface area contributed by atoms with E-state index in [0.29, 0.717) is 29.8 Å². The Balaban J connectivity index is 2.45. The summed E-state index contributed by atoms with van der Waals surface area (Å²) in [7, 11) is 0. The van der Waals surface area contributed by atoms with E-state index in [4.69, 9.17) is 5.73 Å². The lowest BCUT2D eigenvalue weighted by Gasteiger charge is -2.34. The van der Waals surface area contributed by atoms with Gasteiger partial charge in [-0.05, 0) is 25.3 Å². The first-order valence-corrected chi connectivity index (χ1v) is 10.0. The second-order valence-electron chi connectivity index (χ2n) is 6.31. The van der Waals surface area contributed by atoms with Gasteiger partial charge in [-0.15, -0.1) is 0 Å². The quantitative estimate of drug-likeness (QED) is 0.285. The van der Waals surface area contributed by atoms with Gasteiger partial charge in [-0.2, -0.15) is 0 Å². The fraction of sp³-hybridized carbons (Fsp3) is 0.368. The number of primary amides is 1. The van der Waals surface area contributed by atoms with Gasteiger partial charge in [0.15, 0.2) is 0 Å². The Morgan fingerprint density at radius 2 is 1.96 bits per heavy atom. The molecule has 1 atom stereocenters. The number of allylic oxidation sites excluding steroid dienone is 3. The lowest BCUT2D eigenvalue weighted by molar-refractivity contribution is -0.384. The molecule has 150 valence electrons. The van der Waals surface area contributed by atoms with E-state index in [1.54, 1.807) is 19.1 Å². The first kappa shape index (κ1) is 21.6. The number of nitrogens with two attached hydrogens (primary N) is 1. The number of rotatable bonds is 7. The molecule has 28 heavy (non-hydrogen) atoms. The average molecular weight is 451 g/mol. The molecule has 1 aromatic carbocycles. The number of carbonyl (C=O) groups is 2. The van der Waals surface area contributed by atoms with Crippen molar-refractivity contribution < 1.29 is 14.5 Å². The minimum atomic E-state index is -0.634. The summed E-state index contributed by atoms with van der Waals surface area (Å²) in [5.74, 6) is -1.11. The zero-order valence-corrected chi connectivity index (χ0v) is 17.4. The van der Waals surface area contributed by atoms with Gasteiger partial charge >= 0.3 is 6.03 Å². The molecule has 1 heterocycles. The van der Waals surface area contributed by atoms with Crippen molar-refractivity contribution in [2.24, 2.45) is 5.73 Å². The maximum atomic E-state index is 12.7. The SMILES string of the molecule is CCC1=CC(c2ccc([N+](=O)[O-])cc2)C(C(N)=O)=C(C)N1C(=O)NCCCBr. The second kappa shape index (κ2) is 9.50. The van der Waals surface area contributed by atoms with Crippen LogP contribution in [0.5, 0.6) is 0 Å². The summed E-state index contributed by atoms with van der Waals surface area (Å²) in [6.07, 6.45) is 3.17. The number of nitrogens with one attached hydrogen (secondary N) is 1. The number of amides is 3. The summed E-state index contributed by atoms with van der Waals surface area (Å²) >= 11 is 3.32. The maximum absolute atomic E-state index is 12.7. The van der Waals surface area contributed by atoms with E-state index in [-0.39, 0.29) is 11.7 Å². The second-order valence-corrected chi connectivity index (χ2v) is 7.10. The zero-order chi connectivity index (χ0) is 20.8. The highest BCUT2D eigenvalue weighted by molar-refractivity contribution is 9.09. The topological polar surface area (TPSA) is 119 Å². The van der Waals surface area contributed by atoms with Gasteiger partial charge in [0.05, 0.1) is 4.92 Å². The third-order valence-electron chi connectivity index (χ3n) is 4.56. The van der Waals surface area contributed by atoms with Crippen LogP contribution in [0.2, 0.25) is 0 Å². The number of alkyl halides is 1. The molecular formula is C19H23BrN4O4. The minimum absolute atomic E-state index is 0.0339. The molecule has 1 aliphatic rings. The van der Waals surface area contributed by atoms with Crippen molar-refractivity contribution >= 4 is 33.6 Å². The lowest BCUT2D eigenvalue weighted by atomic mass is 9.85. The molecule has 9 heteroatoms. The van der Waals surface area contributed by atoms with Crippen molar-refractivity contribution in [3.63, 3.8) is 0 Å². The van der Waals surface area contributed by atoms with E-state index in [1.807, 2.05) is 13.0 Å².